The van der Waals surface area contributed by atoms with Crippen LogP contribution in [-0.4, -0.2) is 25.4 Å². The highest BCUT2D eigenvalue weighted by Crippen LogP contribution is 2.45. The van der Waals surface area contributed by atoms with Gasteiger partial charge in [-0.1, -0.05) is 19.2 Å². The van der Waals surface area contributed by atoms with Crippen molar-refractivity contribution in [2.24, 2.45) is 5.10 Å². The molecule has 2 heterocycles. The van der Waals surface area contributed by atoms with Gasteiger partial charge in [-0.25, -0.2) is 13.8 Å². The number of hydrazone groups is 1. The molecule has 0 bridgehead atoms. The van der Waals surface area contributed by atoms with Gasteiger partial charge in [0, 0.05) is 36.8 Å². The van der Waals surface area contributed by atoms with Crippen molar-refractivity contribution in [1.29, 1.82) is 0 Å². The summed E-state index contributed by atoms with van der Waals surface area (Å²) in [4.78, 5) is 2.24. The minimum Gasteiger partial charge on any atom is -0.494 e. The Morgan fingerprint density at radius 2 is 1.89 bits per heavy atom. The average molecular weight is 480 g/mol. The minimum absolute atomic E-state index is 0.0583. The van der Waals surface area contributed by atoms with Crippen molar-refractivity contribution in [1.82, 2.24) is 0 Å². The number of rotatable bonds is 8. The number of allylic oxidation sites excluding steroid dienone is 6. The molecule has 0 aromatic heterocycles. The number of ether oxygens (including phenoxy) is 1. The molecule has 0 radical (unpaired) electrons. The Bertz CT molecular complexity index is 1130. The molecule has 35 heavy (non-hydrogen) atoms. The zero-order chi connectivity index (χ0) is 25.2. The zero-order valence-electron chi connectivity index (χ0n) is 21.0. The van der Waals surface area contributed by atoms with E-state index < -0.39 is 5.92 Å². The van der Waals surface area contributed by atoms with E-state index in [0.29, 0.717) is 23.8 Å². The molecule has 0 atom stereocenters. The Morgan fingerprint density at radius 1 is 1.17 bits per heavy atom. The minimum atomic E-state index is -3.03. The van der Waals surface area contributed by atoms with Crippen LogP contribution >= 0.6 is 0 Å². The number of hydrogen-bond donors (Lipinski definition) is 0. The molecule has 0 amide bonds. The standard InChI is InChI=1S/C29H35F2N3O/c1-6-12-24(27(7-2)35-8-3)28-23-14-11-13-22(23)20(4)34(32-28)26-19-21(33-17-9-10-18-33)15-16-25(26)29(5,30)31/h6-7,12,15-16,19H,1,4,8-11,13-14,17-18H2,2-3,5H3/b24-12+,27-7+. The third-order valence-corrected chi connectivity index (χ3v) is 6.83. The largest absolute Gasteiger partial charge is 0.494 e. The van der Waals surface area contributed by atoms with E-state index in [2.05, 4.69) is 18.1 Å². The van der Waals surface area contributed by atoms with Gasteiger partial charge in [-0.2, -0.15) is 5.10 Å². The zero-order valence-corrected chi connectivity index (χ0v) is 21.0. The summed E-state index contributed by atoms with van der Waals surface area (Å²) in [5.41, 5.74) is 5.65. The second-order valence-corrected chi connectivity index (χ2v) is 9.20. The molecule has 0 saturated carbocycles. The molecule has 1 fully saturated rings. The third-order valence-electron chi connectivity index (χ3n) is 6.83. The van der Waals surface area contributed by atoms with E-state index in [0.717, 1.165) is 80.2 Å². The summed E-state index contributed by atoms with van der Waals surface area (Å²) in [7, 11) is 0. The van der Waals surface area contributed by atoms with Crippen LogP contribution in [0.3, 0.4) is 0 Å². The molecule has 4 rings (SSSR count). The fourth-order valence-electron chi connectivity index (χ4n) is 5.19. The molecule has 6 heteroatoms. The fourth-order valence-corrected chi connectivity index (χ4v) is 5.19. The SMILES string of the molecule is C=C/C=C(C1=NN(c2cc(N3CCCC3)ccc2C(C)(F)F)C(=C)C2=C1CCC2)\C(=C/C)OCC. The Kier molecular flexibility index (Phi) is 7.29. The lowest BCUT2D eigenvalue weighted by atomic mass is 9.94. The van der Waals surface area contributed by atoms with Gasteiger partial charge in [0.15, 0.2) is 0 Å². The molecule has 1 saturated heterocycles. The third kappa shape index (κ3) is 4.84. The number of nitrogens with zero attached hydrogens (tertiary/aromatic N) is 3. The first kappa shape index (κ1) is 25.0. The first-order chi connectivity index (χ1) is 16.8. The van der Waals surface area contributed by atoms with Gasteiger partial charge in [-0.3, -0.25) is 0 Å². The van der Waals surface area contributed by atoms with Crippen molar-refractivity contribution < 1.29 is 13.5 Å². The summed E-state index contributed by atoms with van der Waals surface area (Å²) in [5.74, 6) is -2.33. The molecule has 1 aliphatic carbocycles. The van der Waals surface area contributed by atoms with Gasteiger partial charge in [-0.05, 0) is 87.4 Å². The second kappa shape index (κ2) is 10.2. The van der Waals surface area contributed by atoms with Crippen molar-refractivity contribution >= 4 is 17.1 Å². The van der Waals surface area contributed by atoms with Crippen molar-refractivity contribution in [3.8, 4) is 0 Å². The number of halogens is 2. The fraction of sp³-hybridized carbons (Fsp3) is 0.414. The van der Waals surface area contributed by atoms with Crippen molar-refractivity contribution in [2.45, 2.75) is 58.8 Å². The van der Waals surface area contributed by atoms with Crippen LogP contribution in [0.15, 0.2) is 82.9 Å². The Morgan fingerprint density at radius 3 is 2.51 bits per heavy atom. The molecular formula is C29H35F2N3O. The summed E-state index contributed by atoms with van der Waals surface area (Å²) >= 11 is 0. The van der Waals surface area contributed by atoms with Crippen LogP contribution in [0.2, 0.25) is 0 Å². The van der Waals surface area contributed by atoms with Gasteiger partial charge in [0.05, 0.1) is 23.7 Å². The van der Waals surface area contributed by atoms with Crippen LogP contribution < -0.4 is 9.91 Å². The summed E-state index contributed by atoms with van der Waals surface area (Å²) in [6, 6.07) is 5.19. The highest BCUT2D eigenvalue weighted by Gasteiger charge is 2.36. The molecule has 0 unspecified atom stereocenters. The first-order valence-corrected chi connectivity index (χ1v) is 12.5. The van der Waals surface area contributed by atoms with Crippen LogP contribution in [0.1, 0.15) is 58.4 Å². The lowest BCUT2D eigenvalue weighted by Gasteiger charge is -2.33. The van der Waals surface area contributed by atoms with E-state index in [1.54, 1.807) is 23.2 Å². The normalized spacial score (nSPS) is 19.3. The molecule has 4 nitrogen and oxygen atoms in total. The number of alkyl halides is 2. The summed E-state index contributed by atoms with van der Waals surface area (Å²) in [5, 5.41) is 6.62. The van der Waals surface area contributed by atoms with Crippen LogP contribution in [0.4, 0.5) is 20.2 Å². The van der Waals surface area contributed by atoms with Crippen molar-refractivity contribution in [2.75, 3.05) is 29.6 Å². The monoisotopic (exact) mass is 479 g/mol. The quantitative estimate of drug-likeness (QED) is 0.284. The van der Waals surface area contributed by atoms with Gasteiger partial charge < -0.3 is 9.64 Å². The van der Waals surface area contributed by atoms with E-state index in [4.69, 9.17) is 9.84 Å². The van der Waals surface area contributed by atoms with Crippen LogP contribution in [-0.2, 0) is 10.7 Å². The molecule has 1 aromatic carbocycles. The molecule has 1 aromatic rings. The van der Waals surface area contributed by atoms with Gasteiger partial charge in [0.25, 0.3) is 5.92 Å². The van der Waals surface area contributed by atoms with Crippen molar-refractivity contribution in [3.05, 3.63) is 83.3 Å². The summed E-state index contributed by atoms with van der Waals surface area (Å²) in [6.45, 7) is 15.4. The van der Waals surface area contributed by atoms with E-state index in [9.17, 15) is 8.78 Å². The van der Waals surface area contributed by atoms with Gasteiger partial charge in [0.1, 0.15) is 5.76 Å². The number of benzene rings is 1. The Balaban J connectivity index is 1.90. The number of hydrogen-bond acceptors (Lipinski definition) is 4. The smallest absolute Gasteiger partial charge is 0.272 e. The van der Waals surface area contributed by atoms with Crippen molar-refractivity contribution in [3.63, 3.8) is 0 Å². The van der Waals surface area contributed by atoms with E-state index >= 15 is 0 Å². The van der Waals surface area contributed by atoms with E-state index in [1.807, 2.05) is 32.1 Å². The van der Waals surface area contributed by atoms with E-state index in [1.165, 1.54) is 0 Å². The first-order valence-electron chi connectivity index (χ1n) is 12.5. The molecule has 3 aliphatic rings. The molecule has 0 spiro atoms. The maximum absolute atomic E-state index is 14.8. The lowest BCUT2D eigenvalue weighted by molar-refractivity contribution is 0.0180. The maximum Gasteiger partial charge on any atom is 0.272 e. The lowest BCUT2D eigenvalue weighted by Crippen LogP contribution is -2.29. The van der Waals surface area contributed by atoms with Crippen LogP contribution in [0.25, 0.3) is 0 Å². The second-order valence-electron chi connectivity index (χ2n) is 9.20. The highest BCUT2D eigenvalue weighted by molar-refractivity contribution is 6.17. The van der Waals surface area contributed by atoms with Gasteiger partial charge in [-0.15, -0.1) is 0 Å². The Hall–Kier alpha value is -3.15. The molecular weight excluding hydrogens is 444 g/mol. The molecule has 0 N–H and O–H groups in total. The van der Waals surface area contributed by atoms with E-state index in [-0.39, 0.29) is 5.56 Å². The van der Waals surface area contributed by atoms with Crippen LogP contribution in [0.5, 0.6) is 0 Å². The average Bonchev–Trinajstić information content (AvgIpc) is 3.54. The summed E-state index contributed by atoms with van der Waals surface area (Å²) in [6.07, 6.45) is 10.4. The molecule has 2 aliphatic heterocycles. The maximum atomic E-state index is 14.8. The predicted octanol–water partition coefficient (Wildman–Crippen LogP) is 7.62. The van der Waals surface area contributed by atoms with Gasteiger partial charge >= 0.3 is 0 Å². The Labute approximate surface area is 207 Å². The topological polar surface area (TPSA) is 28.1 Å². The molecule has 186 valence electrons. The number of anilines is 2. The predicted molar refractivity (Wildman–Crippen MR) is 141 cm³/mol. The highest BCUT2D eigenvalue weighted by atomic mass is 19.3. The summed E-state index contributed by atoms with van der Waals surface area (Å²) < 4.78 is 35.6. The van der Waals surface area contributed by atoms with Crippen LogP contribution in [0, 0.1) is 0 Å². The van der Waals surface area contributed by atoms with Gasteiger partial charge in [0.2, 0.25) is 0 Å².